The van der Waals surface area contributed by atoms with Crippen molar-refractivity contribution >= 4 is 70.6 Å². The Morgan fingerprint density at radius 1 is 0.254 bits per heavy atom. The zero-order valence-electron chi connectivity index (χ0n) is 76.9. The number of phenols is 6. The molecule has 3 unspecified atom stereocenters. The maximum absolute atomic E-state index is 11.3. The summed E-state index contributed by atoms with van der Waals surface area (Å²) < 4.78 is 0. The molecule has 0 amide bonds. The van der Waals surface area contributed by atoms with E-state index in [2.05, 4.69) is 224 Å². The van der Waals surface area contributed by atoms with Gasteiger partial charge in [-0.05, 0) is 190 Å². The number of phenolic OH excluding ortho intramolecular Hbond substituents is 6. The summed E-state index contributed by atoms with van der Waals surface area (Å²) in [6.45, 7) is 60.0. The smallest absolute Gasteiger partial charge is 0.123 e. The normalized spacial score (nSPS) is 18.8. The Kier molecular flexibility index (Phi) is 39.3. The van der Waals surface area contributed by atoms with E-state index in [1.54, 1.807) is 0 Å². The average molecular weight is 1720 g/mol. The molecule has 3 aliphatic carbocycles. The first kappa shape index (κ1) is 100. The first-order chi connectivity index (χ1) is 55.5. The van der Waals surface area contributed by atoms with Crippen LogP contribution in [-0.4, -0.2) is 62.1 Å². The van der Waals surface area contributed by atoms with Crippen molar-refractivity contribution in [2.24, 2.45) is 0 Å². The second kappa shape index (κ2) is 46.2. The molecule has 0 aliphatic heterocycles. The number of hydrogen-bond acceptors (Lipinski definition) is 12. The van der Waals surface area contributed by atoms with Crippen LogP contribution in [0.3, 0.4) is 0 Å². The molecule has 0 bridgehead atoms. The fraction of sp³-hybridized carbons (Fsp3) is 0.585. The molecule has 0 heterocycles. The summed E-state index contributed by atoms with van der Waals surface area (Å²) in [6.07, 6.45) is 35.2. The Hall–Kier alpha value is -4.82. The Balaban J connectivity index is 0.000000245. The highest BCUT2D eigenvalue weighted by Crippen LogP contribution is 2.48. The lowest BCUT2D eigenvalue weighted by Crippen LogP contribution is -2.22. The zero-order valence-corrected chi connectivity index (χ0v) is 81.8. The topological polar surface area (TPSA) is 121 Å². The van der Waals surface area contributed by atoms with Gasteiger partial charge >= 0.3 is 0 Å². The minimum atomic E-state index is 0.0235. The molecule has 9 rings (SSSR count). The van der Waals surface area contributed by atoms with Gasteiger partial charge in [0.05, 0.1) is 0 Å². The Labute approximate surface area is 744 Å². The zero-order chi connectivity index (χ0) is 87.1. The van der Waals surface area contributed by atoms with Crippen LogP contribution < -0.4 is 0 Å². The first-order valence-corrected chi connectivity index (χ1v) is 51.0. The van der Waals surface area contributed by atoms with Crippen molar-refractivity contribution in [2.45, 2.75) is 391 Å². The summed E-state index contributed by atoms with van der Waals surface area (Å²) in [4.78, 5) is 0. The van der Waals surface area contributed by atoms with Crippen molar-refractivity contribution in [1.82, 2.24) is 0 Å². The lowest BCUT2D eigenvalue weighted by Gasteiger charge is -2.30. The van der Waals surface area contributed by atoms with E-state index in [0.717, 1.165) is 127 Å². The summed E-state index contributed by atoms with van der Waals surface area (Å²) >= 11 is 12.2. The third-order valence-corrected chi connectivity index (χ3v) is 33.5. The minimum absolute atomic E-state index is 0.0235. The molecule has 0 spiro atoms. The number of aromatic hydroxyl groups is 6. The van der Waals surface area contributed by atoms with Crippen LogP contribution >= 0.6 is 70.6 Å². The molecule has 0 saturated heterocycles. The average Bonchev–Trinajstić information content (AvgIpc) is 0.821. The van der Waals surface area contributed by atoms with E-state index in [4.69, 9.17) is 0 Å². The largest absolute Gasteiger partial charge is 0.507 e. The van der Waals surface area contributed by atoms with Crippen LogP contribution in [0.4, 0.5) is 0 Å². The highest BCUT2D eigenvalue weighted by atomic mass is 32.2. The third-order valence-electron chi connectivity index (χ3n) is 24.1. The molecule has 6 nitrogen and oxygen atoms in total. The number of rotatable bonds is 28. The Morgan fingerprint density at radius 2 is 0.432 bits per heavy atom. The third kappa shape index (κ3) is 30.6. The standard InChI is InChI=1S/C38H56O2S2.C36H52O2S2.C32H48O2S2/c1-9-11-17-27-21-31(37(3,4)5)23-29(35(27)39)25-41-33-19-15-13-14-16-20-34(33)42-26-30-24-32(38(6,7)8)22-28(36(30)40)18-12-10-2;1-9-15-25-19-29(35(3,4)5)21-27(33(25)37)23-39-31-17-13-11-12-14-18-32(31)40-24-28-22-30(36(6,7)8)20-26(16-10-2)34(28)38;1-21-15-25(31(3,4)5)17-23(29(21)33)19-35-27-13-11-9-10-12-14-28(27)36-20-24-18-26(32(6,7)8)16-22(2)30(24)34/h9-10,21-24,33-34,39-40H,1-2,11-20,25-26H2,3-8H3;9-10,19-22,31-32,37-38H,1-2,11-18,23-24H2,3-8H3;15-18,27-28,33-34H,9-14,19-20H2,1-8H3/t33-,34?;31-,32?;27-,28?/m000/s1. The van der Waals surface area contributed by atoms with Crippen LogP contribution in [0.15, 0.2) is 123 Å². The van der Waals surface area contributed by atoms with Crippen LogP contribution in [0.2, 0.25) is 0 Å². The SMILES string of the molecule is C=CCCc1cc(C(C)(C)C)cc(CSC2CCCCCC[C@@H]2SCc2cc(C(C)(C)C)cc(CCC=C)c2O)c1O.C=CCc1cc(C(C)(C)C)cc(CSC2CCCCCC[C@@H]2SCc2cc(C(C)(C)C)cc(CC=C)c2O)c1O.Cc1cc(C(C)(C)C)cc(CSC2CCCCCC[C@@H]2SCc2cc(C(C)(C)C)cc(C)c2O)c1O. The molecule has 0 radical (unpaired) electrons. The molecular formula is C106H156O6S6. The van der Waals surface area contributed by atoms with E-state index in [9.17, 15) is 30.6 Å². The van der Waals surface area contributed by atoms with E-state index in [0.29, 0.717) is 78.8 Å². The maximum Gasteiger partial charge on any atom is 0.123 e. The van der Waals surface area contributed by atoms with Gasteiger partial charge in [0.15, 0.2) is 0 Å². The Bertz CT molecular complexity index is 3950. The number of thioether (sulfide) groups is 6. The van der Waals surface area contributed by atoms with Gasteiger partial charge in [-0.25, -0.2) is 0 Å². The molecule has 3 fully saturated rings. The molecule has 3 saturated carbocycles. The summed E-state index contributed by atoms with van der Waals surface area (Å²) in [7, 11) is 0. The molecule has 652 valence electrons. The van der Waals surface area contributed by atoms with Crippen LogP contribution in [0.1, 0.15) is 353 Å². The van der Waals surface area contributed by atoms with E-state index in [-0.39, 0.29) is 32.5 Å². The number of allylic oxidation sites excluding steroid dienone is 4. The van der Waals surface area contributed by atoms with Crippen molar-refractivity contribution < 1.29 is 30.6 Å². The van der Waals surface area contributed by atoms with Crippen LogP contribution in [0.25, 0.3) is 0 Å². The van der Waals surface area contributed by atoms with Crippen LogP contribution in [-0.2, 0) is 92.7 Å². The van der Waals surface area contributed by atoms with Gasteiger partial charge in [0.25, 0.3) is 0 Å². The molecule has 6 N–H and O–H groups in total. The summed E-state index contributed by atoms with van der Waals surface area (Å²) in [5, 5.41) is 69.7. The fourth-order valence-electron chi connectivity index (χ4n) is 16.1. The van der Waals surface area contributed by atoms with Crippen LogP contribution in [0, 0.1) is 13.8 Å². The van der Waals surface area contributed by atoms with Gasteiger partial charge in [-0.2, -0.15) is 70.6 Å². The van der Waals surface area contributed by atoms with Crippen molar-refractivity contribution in [3.8, 4) is 34.5 Å². The van der Waals surface area contributed by atoms with Gasteiger partial charge in [-0.3, -0.25) is 0 Å². The molecule has 0 aromatic heterocycles. The molecule has 3 aliphatic rings. The molecule has 6 aromatic rings. The summed E-state index contributed by atoms with van der Waals surface area (Å²) in [5.41, 5.74) is 20.3. The van der Waals surface area contributed by atoms with Gasteiger partial charge in [0.2, 0.25) is 0 Å². The fourth-order valence-corrected chi connectivity index (χ4v) is 25.3. The molecule has 6 atom stereocenters. The second-order valence-electron chi connectivity index (χ2n) is 40.4. The van der Waals surface area contributed by atoms with Gasteiger partial charge in [0.1, 0.15) is 34.5 Å². The van der Waals surface area contributed by atoms with E-state index in [1.807, 2.05) is 109 Å². The highest BCUT2D eigenvalue weighted by molar-refractivity contribution is 8.04. The minimum Gasteiger partial charge on any atom is -0.507 e. The molecule has 118 heavy (non-hydrogen) atoms. The van der Waals surface area contributed by atoms with Crippen molar-refractivity contribution in [2.75, 3.05) is 0 Å². The highest BCUT2D eigenvalue weighted by Gasteiger charge is 2.32. The quantitative estimate of drug-likeness (QED) is 0.0262. The van der Waals surface area contributed by atoms with Crippen molar-refractivity contribution in [1.29, 1.82) is 0 Å². The Morgan fingerprint density at radius 3 is 0.627 bits per heavy atom. The number of hydrogen-bond donors (Lipinski definition) is 6. The predicted octanol–water partition coefficient (Wildman–Crippen LogP) is 31.2. The second-order valence-corrected chi connectivity index (χ2v) is 47.8. The molecular weight excluding hydrogens is 1560 g/mol. The molecule has 6 aromatic carbocycles. The molecule has 12 heteroatoms. The van der Waals surface area contributed by atoms with E-state index >= 15 is 0 Å². The van der Waals surface area contributed by atoms with Gasteiger partial charge in [0, 0.05) is 99.4 Å². The van der Waals surface area contributed by atoms with Crippen molar-refractivity contribution in [3.63, 3.8) is 0 Å². The van der Waals surface area contributed by atoms with Gasteiger partial charge < -0.3 is 30.6 Å². The maximum atomic E-state index is 11.3. The monoisotopic (exact) mass is 1720 g/mol. The van der Waals surface area contributed by atoms with Crippen LogP contribution in [0.5, 0.6) is 34.5 Å². The lowest BCUT2D eigenvalue weighted by atomic mass is 9.84. The lowest BCUT2D eigenvalue weighted by molar-refractivity contribution is 0.461. The van der Waals surface area contributed by atoms with E-state index in [1.165, 1.54) is 149 Å². The van der Waals surface area contributed by atoms with Gasteiger partial charge in [-0.15, -0.1) is 26.3 Å². The van der Waals surface area contributed by atoms with E-state index < -0.39 is 0 Å². The predicted molar refractivity (Wildman–Crippen MR) is 529 cm³/mol. The number of benzene rings is 6. The number of aryl methyl sites for hydroxylation is 4. The summed E-state index contributed by atoms with van der Waals surface area (Å²) in [6, 6.07) is 26.3. The first-order valence-electron chi connectivity index (χ1n) is 44.7. The summed E-state index contributed by atoms with van der Waals surface area (Å²) in [5.74, 6) is 7.74. The van der Waals surface area contributed by atoms with Gasteiger partial charge in [-0.1, -0.05) is 299 Å². The van der Waals surface area contributed by atoms with Crippen molar-refractivity contribution in [3.05, 3.63) is 224 Å².